The molecule has 0 saturated heterocycles. The maximum Gasteiger partial charge on any atom is 0.262 e. The molecule has 0 unspecified atom stereocenters. The highest BCUT2D eigenvalue weighted by atomic mass is 79.9. The summed E-state index contributed by atoms with van der Waals surface area (Å²) < 4.78 is 12.0. The van der Waals surface area contributed by atoms with Crippen LogP contribution in [0.4, 0.5) is 11.6 Å². The molecular weight excluding hydrogens is 522 g/mol. The largest absolute Gasteiger partial charge is 0.493 e. The van der Waals surface area contributed by atoms with Gasteiger partial charge in [0.25, 0.3) is 5.91 Å². The molecule has 0 bridgehead atoms. The van der Waals surface area contributed by atoms with Crippen molar-refractivity contribution < 1.29 is 14.3 Å². The Bertz CT molecular complexity index is 1540. The molecule has 36 heavy (non-hydrogen) atoms. The molecule has 0 radical (unpaired) electrons. The van der Waals surface area contributed by atoms with Gasteiger partial charge in [-0.15, -0.1) is 0 Å². The maximum absolute atomic E-state index is 12.6. The number of H-pyrrole nitrogens is 1. The number of fused-ring (bicyclic) bond motifs is 2. The zero-order chi connectivity index (χ0) is 24.9. The normalized spacial score (nSPS) is 11.2. The van der Waals surface area contributed by atoms with E-state index in [4.69, 9.17) is 9.47 Å². The van der Waals surface area contributed by atoms with Crippen LogP contribution >= 0.6 is 15.9 Å². The van der Waals surface area contributed by atoms with E-state index in [1.807, 2.05) is 66.7 Å². The molecule has 9 heteroatoms. The number of hydrazone groups is 1. The summed E-state index contributed by atoms with van der Waals surface area (Å²) in [7, 11) is 1.54. The van der Waals surface area contributed by atoms with Gasteiger partial charge in [0.2, 0.25) is 5.95 Å². The third-order valence-electron chi connectivity index (χ3n) is 5.47. The van der Waals surface area contributed by atoms with Gasteiger partial charge in [-0.1, -0.05) is 48.5 Å². The summed E-state index contributed by atoms with van der Waals surface area (Å²) in [6, 6.07) is 24.9. The number of para-hydroxylation sites is 2. The molecule has 0 atom stereocenters. The summed E-state index contributed by atoms with van der Waals surface area (Å²) in [6.07, 6.45) is 1.64. The van der Waals surface area contributed by atoms with Gasteiger partial charge in [-0.2, -0.15) is 5.10 Å². The van der Waals surface area contributed by atoms with Crippen molar-refractivity contribution in [3.05, 3.63) is 88.9 Å². The number of methoxy groups -OCH3 is 1. The molecule has 1 aromatic heterocycles. The lowest BCUT2D eigenvalue weighted by molar-refractivity contribution is -0.118. The van der Waals surface area contributed by atoms with Crippen LogP contribution in [0.3, 0.4) is 0 Å². The van der Waals surface area contributed by atoms with E-state index < -0.39 is 0 Å². The number of carbonyl (C=O) groups is 1. The van der Waals surface area contributed by atoms with E-state index in [1.165, 1.54) is 0 Å². The fraction of sp³-hybridized carbons (Fsp3) is 0.0741. The Morgan fingerprint density at radius 1 is 1.06 bits per heavy atom. The second-order valence-electron chi connectivity index (χ2n) is 7.86. The average molecular weight is 544 g/mol. The van der Waals surface area contributed by atoms with Gasteiger partial charge in [0.1, 0.15) is 0 Å². The molecule has 0 saturated carbocycles. The molecule has 8 nitrogen and oxygen atoms in total. The molecule has 0 fully saturated rings. The number of hydrogen-bond donors (Lipinski definition) is 3. The average Bonchev–Trinajstić information content (AvgIpc) is 3.31. The highest BCUT2D eigenvalue weighted by Crippen LogP contribution is 2.33. The first-order valence-corrected chi connectivity index (χ1v) is 11.9. The minimum Gasteiger partial charge on any atom is -0.493 e. The quantitative estimate of drug-likeness (QED) is 0.166. The van der Waals surface area contributed by atoms with Crippen LogP contribution < -0.4 is 20.2 Å². The van der Waals surface area contributed by atoms with Gasteiger partial charge in [0.15, 0.2) is 18.1 Å². The number of hydrogen-bond acceptors (Lipinski definition) is 6. The van der Waals surface area contributed by atoms with Crippen molar-refractivity contribution in [3.63, 3.8) is 0 Å². The third kappa shape index (κ3) is 5.16. The Kier molecular flexibility index (Phi) is 6.81. The molecule has 5 rings (SSSR count). The number of rotatable bonds is 8. The van der Waals surface area contributed by atoms with E-state index in [9.17, 15) is 4.79 Å². The maximum atomic E-state index is 12.6. The molecule has 0 aliphatic carbocycles. The second-order valence-corrected chi connectivity index (χ2v) is 8.72. The molecule has 0 spiro atoms. The summed E-state index contributed by atoms with van der Waals surface area (Å²) in [4.78, 5) is 20.2. The Morgan fingerprint density at radius 3 is 2.72 bits per heavy atom. The Hall–Kier alpha value is -4.37. The van der Waals surface area contributed by atoms with Gasteiger partial charge >= 0.3 is 0 Å². The Balaban J connectivity index is 1.24. The van der Waals surface area contributed by atoms with Gasteiger partial charge in [-0.25, -0.2) is 10.4 Å². The lowest BCUT2D eigenvalue weighted by Crippen LogP contribution is -2.20. The zero-order valence-corrected chi connectivity index (χ0v) is 20.9. The number of nitrogens with zero attached hydrogens (tertiary/aromatic N) is 2. The monoisotopic (exact) mass is 543 g/mol. The van der Waals surface area contributed by atoms with Crippen molar-refractivity contribution in [2.75, 3.05) is 24.5 Å². The first kappa shape index (κ1) is 23.4. The van der Waals surface area contributed by atoms with Gasteiger partial charge < -0.3 is 19.8 Å². The van der Waals surface area contributed by atoms with Gasteiger partial charge in [-0.05, 0) is 51.6 Å². The summed E-state index contributed by atoms with van der Waals surface area (Å²) >= 11 is 3.53. The van der Waals surface area contributed by atoms with Crippen LogP contribution in [0.25, 0.3) is 21.8 Å². The number of anilines is 2. The number of nitrogens with one attached hydrogen (secondary N) is 3. The molecule has 180 valence electrons. The van der Waals surface area contributed by atoms with Gasteiger partial charge in [-0.3, -0.25) is 4.79 Å². The minimum atomic E-state index is -0.273. The summed E-state index contributed by atoms with van der Waals surface area (Å²) in [5, 5.41) is 9.19. The molecular formula is C27H22BrN5O3. The van der Waals surface area contributed by atoms with Crippen LogP contribution in [-0.2, 0) is 4.79 Å². The van der Waals surface area contributed by atoms with Crippen molar-refractivity contribution in [1.82, 2.24) is 9.97 Å². The molecule has 1 heterocycles. The van der Waals surface area contributed by atoms with E-state index in [0.717, 1.165) is 37.5 Å². The third-order valence-corrected chi connectivity index (χ3v) is 6.16. The SMILES string of the molecule is COc1cc(C=NNc2nc3ccccc3[nH]2)c(Br)cc1OCC(=O)Nc1cccc2ccccc12. The number of benzene rings is 4. The van der Waals surface area contributed by atoms with Crippen LogP contribution in [-0.4, -0.2) is 35.8 Å². The predicted octanol–water partition coefficient (Wildman–Crippen LogP) is 5.95. The number of aromatic amines is 1. The molecule has 1 amide bonds. The van der Waals surface area contributed by atoms with E-state index >= 15 is 0 Å². The smallest absolute Gasteiger partial charge is 0.262 e. The summed E-state index contributed by atoms with van der Waals surface area (Å²) in [5.74, 6) is 1.17. The number of aromatic nitrogens is 2. The molecule has 4 aromatic carbocycles. The predicted molar refractivity (Wildman–Crippen MR) is 146 cm³/mol. The molecule has 3 N–H and O–H groups in total. The standard InChI is InChI=1S/C27H22BrN5O3/c1-35-24-13-18(15-29-33-27-31-22-10-4-5-11-23(22)32-27)20(28)14-25(24)36-16-26(34)30-21-12-6-8-17-7-2-3-9-19(17)21/h2-15H,16H2,1H3,(H,30,34)(H2,31,32,33). The summed E-state index contributed by atoms with van der Waals surface area (Å²) in [5.41, 5.74) is 6.15. The number of amides is 1. The van der Waals surface area contributed by atoms with Crippen LogP contribution in [0.1, 0.15) is 5.56 Å². The number of imidazole rings is 1. The highest BCUT2D eigenvalue weighted by molar-refractivity contribution is 9.10. The van der Waals surface area contributed by atoms with E-state index in [1.54, 1.807) is 25.5 Å². The van der Waals surface area contributed by atoms with Crippen molar-refractivity contribution in [3.8, 4) is 11.5 Å². The van der Waals surface area contributed by atoms with Crippen LogP contribution in [0.5, 0.6) is 11.5 Å². The van der Waals surface area contributed by atoms with Gasteiger partial charge in [0.05, 0.1) is 24.4 Å². The van der Waals surface area contributed by atoms with Crippen LogP contribution in [0.15, 0.2) is 88.4 Å². The van der Waals surface area contributed by atoms with E-state index in [0.29, 0.717) is 17.4 Å². The fourth-order valence-corrected chi connectivity index (χ4v) is 4.18. The summed E-state index contributed by atoms with van der Waals surface area (Å²) in [6.45, 7) is -0.174. The van der Waals surface area contributed by atoms with Crippen LogP contribution in [0.2, 0.25) is 0 Å². The lowest BCUT2D eigenvalue weighted by Gasteiger charge is -2.13. The first-order valence-electron chi connectivity index (χ1n) is 11.1. The zero-order valence-electron chi connectivity index (χ0n) is 19.3. The van der Waals surface area contributed by atoms with E-state index in [-0.39, 0.29) is 12.5 Å². The Labute approximate surface area is 215 Å². The Morgan fingerprint density at radius 2 is 1.86 bits per heavy atom. The van der Waals surface area contributed by atoms with E-state index in [2.05, 4.69) is 41.7 Å². The topological polar surface area (TPSA) is 101 Å². The molecule has 0 aliphatic heterocycles. The molecule has 5 aromatic rings. The lowest BCUT2D eigenvalue weighted by atomic mass is 10.1. The number of halogens is 1. The van der Waals surface area contributed by atoms with Crippen molar-refractivity contribution >= 4 is 61.5 Å². The van der Waals surface area contributed by atoms with Crippen LogP contribution in [0, 0.1) is 0 Å². The van der Waals surface area contributed by atoms with Gasteiger partial charge in [0, 0.05) is 21.1 Å². The van der Waals surface area contributed by atoms with Crippen molar-refractivity contribution in [1.29, 1.82) is 0 Å². The van der Waals surface area contributed by atoms with Crippen molar-refractivity contribution in [2.45, 2.75) is 0 Å². The first-order chi connectivity index (χ1) is 17.6. The number of ether oxygens (including phenoxy) is 2. The second kappa shape index (κ2) is 10.5. The fourth-order valence-electron chi connectivity index (χ4n) is 3.75. The molecule has 0 aliphatic rings. The highest BCUT2D eigenvalue weighted by Gasteiger charge is 2.12. The number of carbonyl (C=O) groups excluding carboxylic acids is 1. The minimum absolute atomic E-state index is 0.174. The van der Waals surface area contributed by atoms with Crippen molar-refractivity contribution in [2.24, 2.45) is 5.10 Å².